The zero-order valence-corrected chi connectivity index (χ0v) is 8.30. The predicted molar refractivity (Wildman–Crippen MR) is 46.2 cm³/mol. The highest BCUT2D eigenvalue weighted by molar-refractivity contribution is 5.62. The van der Waals surface area contributed by atoms with Crippen LogP contribution in [0.2, 0.25) is 0 Å². The van der Waals surface area contributed by atoms with Crippen LogP contribution in [-0.4, -0.2) is 37.7 Å². The van der Waals surface area contributed by atoms with Crippen LogP contribution in [0.1, 0.15) is 13.3 Å². The number of ether oxygens (including phenoxy) is 4. The molecule has 0 aliphatic carbocycles. The van der Waals surface area contributed by atoms with Crippen molar-refractivity contribution in [3.05, 3.63) is 0 Å². The Kier molecular flexibility index (Phi) is 2.66. The van der Waals surface area contributed by atoms with E-state index in [0.29, 0.717) is 13.0 Å². The second-order valence-corrected chi connectivity index (χ2v) is 3.73. The molecule has 2 fully saturated rings. The maximum Gasteiger partial charge on any atom is 0.508 e. The summed E-state index contributed by atoms with van der Waals surface area (Å²) in [5, 5.41) is 0. The fourth-order valence-corrected chi connectivity index (χ4v) is 1.60. The minimum atomic E-state index is -0.664. The number of carbonyl (C=O) groups is 2. The average molecular weight is 216 g/mol. The van der Waals surface area contributed by atoms with Gasteiger partial charge < -0.3 is 18.9 Å². The molecule has 0 aromatic rings. The smallest absolute Gasteiger partial charge is 0.434 e. The minimum Gasteiger partial charge on any atom is -0.434 e. The van der Waals surface area contributed by atoms with Gasteiger partial charge >= 0.3 is 12.3 Å². The molecular formula is C9H12O6. The number of hydrogen-bond acceptors (Lipinski definition) is 6. The van der Waals surface area contributed by atoms with Gasteiger partial charge in [-0.3, -0.25) is 0 Å². The third-order valence-electron chi connectivity index (χ3n) is 2.49. The van der Waals surface area contributed by atoms with E-state index >= 15 is 0 Å². The van der Waals surface area contributed by atoms with Gasteiger partial charge in [0.15, 0.2) is 0 Å². The first kappa shape index (κ1) is 10.1. The summed E-state index contributed by atoms with van der Waals surface area (Å²) in [5.41, 5.74) is 0. The lowest BCUT2D eigenvalue weighted by Gasteiger charge is -2.28. The molecule has 0 amide bonds. The predicted octanol–water partition coefficient (Wildman–Crippen LogP) is 1.08. The van der Waals surface area contributed by atoms with E-state index in [4.69, 9.17) is 14.2 Å². The highest BCUT2D eigenvalue weighted by atomic mass is 16.8. The van der Waals surface area contributed by atoms with E-state index in [1.807, 2.05) is 6.92 Å². The Morgan fingerprint density at radius 1 is 1.13 bits per heavy atom. The van der Waals surface area contributed by atoms with Crippen molar-refractivity contribution in [2.24, 2.45) is 5.92 Å². The van der Waals surface area contributed by atoms with Crippen LogP contribution < -0.4 is 0 Å². The SMILES string of the molecule is CC1COC(=O)OC1CC1COC(=O)O1. The summed E-state index contributed by atoms with van der Waals surface area (Å²) in [6.07, 6.45) is -1.46. The number of cyclic esters (lactones) is 4. The Hall–Kier alpha value is -1.46. The van der Waals surface area contributed by atoms with Gasteiger partial charge in [0.05, 0.1) is 0 Å². The summed E-state index contributed by atoms with van der Waals surface area (Å²) in [4.78, 5) is 21.5. The monoisotopic (exact) mass is 216 g/mol. The van der Waals surface area contributed by atoms with Crippen molar-refractivity contribution in [1.29, 1.82) is 0 Å². The lowest BCUT2D eigenvalue weighted by atomic mass is 9.99. The summed E-state index contributed by atoms with van der Waals surface area (Å²) in [6, 6.07) is 0. The molecule has 0 spiro atoms. The molecule has 0 aromatic carbocycles. The summed E-state index contributed by atoms with van der Waals surface area (Å²) in [7, 11) is 0. The molecule has 2 heterocycles. The van der Waals surface area contributed by atoms with Gasteiger partial charge in [0.2, 0.25) is 0 Å². The van der Waals surface area contributed by atoms with Gasteiger partial charge in [-0.2, -0.15) is 0 Å². The van der Waals surface area contributed by atoms with Crippen molar-refractivity contribution in [3.8, 4) is 0 Å². The highest BCUT2D eigenvalue weighted by Gasteiger charge is 2.35. The van der Waals surface area contributed by atoms with Crippen molar-refractivity contribution in [2.75, 3.05) is 13.2 Å². The minimum absolute atomic E-state index is 0.0991. The van der Waals surface area contributed by atoms with Crippen molar-refractivity contribution in [3.63, 3.8) is 0 Å². The van der Waals surface area contributed by atoms with Gasteiger partial charge in [-0.05, 0) is 0 Å². The van der Waals surface area contributed by atoms with Crippen molar-refractivity contribution >= 4 is 12.3 Å². The first-order valence-electron chi connectivity index (χ1n) is 4.82. The molecule has 15 heavy (non-hydrogen) atoms. The molecule has 3 unspecified atom stereocenters. The Bertz CT molecular complexity index is 276. The molecule has 0 N–H and O–H groups in total. The van der Waals surface area contributed by atoms with E-state index in [9.17, 15) is 9.59 Å². The van der Waals surface area contributed by atoms with Crippen LogP contribution in [0.15, 0.2) is 0 Å². The molecule has 0 aromatic heterocycles. The molecular weight excluding hydrogens is 204 g/mol. The first-order chi connectivity index (χ1) is 7.15. The van der Waals surface area contributed by atoms with Crippen LogP contribution in [0, 0.1) is 5.92 Å². The molecule has 2 aliphatic rings. The Morgan fingerprint density at radius 2 is 1.80 bits per heavy atom. The topological polar surface area (TPSA) is 71.1 Å². The van der Waals surface area contributed by atoms with E-state index in [1.165, 1.54) is 0 Å². The van der Waals surface area contributed by atoms with Crippen LogP contribution >= 0.6 is 0 Å². The summed E-state index contributed by atoms with van der Waals surface area (Å²) in [6.45, 7) is 2.47. The van der Waals surface area contributed by atoms with Crippen LogP contribution in [-0.2, 0) is 18.9 Å². The van der Waals surface area contributed by atoms with Gasteiger partial charge in [-0.1, -0.05) is 6.92 Å². The largest absolute Gasteiger partial charge is 0.508 e. The maximum absolute atomic E-state index is 10.9. The van der Waals surface area contributed by atoms with E-state index in [1.54, 1.807) is 0 Å². The molecule has 6 heteroatoms. The molecule has 2 rings (SSSR count). The van der Waals surface area contributed by atoms with Crippen LogP contribution in [0.5, 0.6) is 0 Å². The molecule has 6 nitrogen and oxygen atoms in total. The lowest BCUT2D eigenvalue weighted by Crippen LogP contribution is -2.37. The number of hydrogen-bond donors (Lipinski definition) is 0. The fourth-order valence-electron chi connectivity index (χ4n) is 1.60. The average Bonchev–Trinajstić information content (AvgIpc) is 2.58. The fraction of sp³-hybridized carbons (Fsp3) is 0.778. The molecule has 84 valence electrons. The van der Waals surface area contributed by atoms with E-state index in [0.717, 1.165) is 0 Å². The summed E-state index contributed by atoms with van der Waals surface area (Å²) in [5.74, 6) is 0.0991. The van der Waals surface area contributed by atoms with Crippen molar-refractivity contribution in [2.45, 2.75) is 25.6 Å². The van der Waals surface area contributed by atoms with Crippen molar-refractivity contribution < 1.29 is 28.5 Å². The molecule has 0 bridgehead atoms. The number of rotatable bonds is 2. The molecule has 0 radical (unpaired) electrons. The lowest BCUT2D eigenvalue weighted by molar-refractivity contribution is -0.0661. The maximum atomic E-state index is 10.9. The standard InChI is InChI=1S/C9H12O6/c1-5-3-12-9(11)15-7(5)2-6-4-13-8(10)14-6/h5-7H,2-4H2,1H3. The van der Waals surface area contributed by atoms with E-state index in [2.05, 4.69) is 4.74 Å². The van der Waals surface area contributed by atoms with E-state index < -0.39 is 12.3 Å². The van der Waals surface area contributed by atoms with E-state index in [-0.39, 0.29) is 24.7 Å². The molecule has 3 atom stereocenters. The third kappa shape index (κ3) is 2.31. The van der Waals surface area contributed by atoms with Gasteiger partial charge in [0.25, 0.3) is 0 Å². The van der Waals surface area contributed by atoms with Gasteiger partial charge in [0.1, 0.15) is 25.4 Å². The van der Waals surface area contributed by atoms with Gasteiger partial charge in [-0.15, -0.1) is 0 Å². The normalized spacial score (nSPS) is 35.1. The second-order valence-electron chi connectivity index (χ2n) is 3.73. The number of carbonyl (C=O) groups excluding carboxylic acids is 2. The van der Waals surface area contributed by atoms with Gasteiger partial charge in [-0.25, -0.2) is 9.59 Å². The van der Waals surface area contributed by atoms with Crippen LogP contribution in [0.3, 0.4) is 0 Å². The molecule has 2 aliphatic heterocycles. The zero-order chi connectivity index (χ0) is 10.8. The third-order valence-corrected chi connectivity index (χ3v) is 2.49. The summed E-state index contributed by atoms with van der Waals surface area (Å²) < 4.78 is 19.2. The Morgan fingerprint density at radius 3 is 2.47 bits per heavy atom. The zero-order valence-electron chi connectivity index (χ0n) is 8.30. The first-order valence-corrected chi connectivity index (χ1v) is 4.82. The Balaban J connectivity index is 1.87. The van der Waals surface area contributed by atoms with Gasteiger partial charge in [0, 0.05) is 12.3 Å². The molecule has 2 saturated heterocycles. The van der Waals surface area contributed by atoms with Crippen molar-refractivity contribution in [1.82, 2.24) is 0 Å². The Labute approximate surface area is 86.4 Å². The van der Waals surface area contributed by atoms with Crippen LogP contribution in [0.25, 0.3) is 0 Å². The quantitative estimate of drug-likeness (QED) is 0.643. The molecule has 0 saturated carbocycles. The second kappa shape index (κ2) is 3.96. The summed E-state index contributed by atoms with van der Waals surface area (Å²) >= 11 is 0. The van der Waals surface area contributed by atoms with Crippen LogP contribution in [0.4, 0.5) is 9.59 Å². The highest BCUT2D eigenvalue weighted by Crippen LogP contribution is 2.22.